The van der Waals surface area contributed by atoms with Crippen molar-refractivity contribution in [1.82, 2.24) is 9.80 Å². The summed E-state index contributed by atoms with van der Waals surface area (Å²) in [6.45, 7) is 2.28. The highest BCUT2D eigenvalue weighted by molar-refractivity contribution is 5.80. The molecule has 2 rings (SSSR count). The van der Waals surface area contributed by atoms with Crippen molar-refractivity contribution in [2.24, 2.45) is 11.7 Å². The Morgan fingerprint density at radius 3 is 2.78 bits per heavy atom. The van der Waals surface area contributed by atoms with E-state index in [2.05, 4.69) is 0 Å². The van der Waals surface area contributed by atoms with Crippen LogP contribution in [0.1, 0.15) is 19.3 Å². The van der Waals surface area contributed by atoms with Gasteiger partial charge in [0.05, 0.1) is 12.5 Å². The van der Waals surface area contributed by atoms with Gasteiger partial charge in [0, 0.05) is 26.7 Å². The number of urea groups is 1. The van der Waals surface area contributed by atoms with Gasteiger partial charge in [-0.05, 0) is 31.4 Å². The number of primary amides is 1. The van der Waals surface area contributed by atoms with Crippen molar-refractivity contribution < 1.29 is 14.3 Å². The van der Waals surface area contributed by atoms with E-state index in [-0.39, 0.29) is 11.8 Å². The Balaban J connectivity index is 1.71. The van der Waals surface area contributed by atoms with Crippen molar-refractivity contribution >= 4 is 11.9 Å². The minimum atomic E-state index is -0.443. The summed E-state index contributed by atoms with van der Waals surface area (Å²) in [6.07, 6.45) is 2.40. The van der Waals surface area contributed by atoms with Crippen LogP contribution in [-0.2, 0) is 4.79 Å². The fourth-order valence-electron chi connectivity index (χ4n) is 2.81. The van der Waals surface area contributed by atoms with E-state index in [1.54, 1.807) is 16.8 Å². The molecule has 0 saturated carbocycles. The first-order valence-electron chi connectivity index (χ1n) is 8.05. The summed E-state index contributed by atoms with van der Waals surface area (Å²) in [4.78, 5) is 27.0. The Bertz CT molecular complexity index is 521. The average Bonchev–Trinajstić information content (AvgIpc) is 2.59. The lowest BCUT2D eigenvalue weighted by Crippen LogP contribution is -2.47. The van der Waals surface area contributed by atoms with Gasteiger partial charge in [-0.3, -0.25) is 4.79 Å². The maximum absolute atomic E-state index is 12.4. The van der Waals surface area contributed by atoms with Gasteiger partial charge in [-0.15, -0.1) is 0 Å². The predicted octanol–water partition coefficient (Wildman–Crippen LogP) is 1.70. The van der Waals surface area contributed by atoms with Crippen LogP contribution in [0.3, 0.4) is 0 Å². The van der Waals surface area contributed by atoms with Gasteiger partial charge >= 0.3 is 6.03 Å². The van der Waals surface area contributed by atoms with Crippen molar-refractivity contribution in [3.05, 3.63) is 30.3 Å². The molecule has 1 aromatic carbocycles. The minimum Gasteiger partial charge on any atom is -0.494 e. The molecule has 3 amide bonds. The van der Waals surface area contributed by atoms with Crippen LogP contribution in [0.5, 0.6) is 5.75 Å². The molecule has 6 heteroatoms. The number of para-hydroxylation sites is 1. The number of amides is 3. The number of benzene rings is 1. The number of hydrogen-bond acceptors (Lipinski definition) is 3. The van der Waals surface area contributed by atoms with E-state index in [1.807, 2.05) is 30.3 Å². The fourth-order valence-corrected chi connectivity index (χ4v) is 2.81. The number of carbonyl (C=O) groups excluding carboxylic acids is 2. The third-order valence-corrected chi connectivity index (χ3v) is 4.11. The number of likely N-dealkylation sites (tertiary alicyclic amines) is 1. The highest BCUT2D eigenvalue weighted by Gasteiger charge is 2.29. The van der Waals surface area contributed by atoms with Gasteiger partial charge in [0.2, 0.25) is 5.91 Å². The topological polar surface area (TPSA) is 75.9 Å². The summed E-state index contributed by atoms with van der Waals surface area (Å²) in [5.74, 6) is 0.776. The molecule has 0 spiro atoms. The monoisotopic (exact) mass is 319 g/mol. The molecule has 6 nitrogen and oxygen atoms in total. The molecule has 1 fully saturated rings. The van der Waals surface area contributed by atoms with Gasteiger partial charge in [0.1, 0.15) is 5.75 Å². The zero-order valence-corrected chi connectivity index (χ0v) is 13.6. The van der Waals surface area contributed by atoms with E-state index in [4.69, 9.17) is 10.5 Å². The second kappa shape index (κ2) is 8.41. The van der Waals surface area contributed by atoms with E-state index in [0.717, 1.165) is 25.0 Å². The summed E-state index contributed by atoms with van der Waals surface area (Å²) < 4.78 is 5.62. The van der Waals surface area contributed by atoms with Crippen LogP contribution in [-0.4, -0.2) is 55.0 Å². The molecule has 1 aliphatic heterocycles. The molecule has 1 heterocycles. The molecule has 23 heavy (non-hydrogen) atoms. The maximum Gasteiger partial charge on any atom is 0.314 e. The second-order valence-corrected chi connectivity index (χ2v) is 5.90. The Hall–Kier alpha value is -2.24. The average molecular weight is 319 g/mol. The lowest BCUT2D eigenvalue weighted by molar-refractivity contribution is -0.135. The van der Waals surface area contributed by atoms with Crippen molar-refractivity contribution in [3.8, 4) is 5.75 Å². The standard InChI is InChI=1S/C17H25N3O3/c1-19(10-6-12-23-15-8-3-2-4-9-15)16(21)14-7-5-11-20(13-14)17(18)22/h2-4,8-9,14H,5-7,10-13H2,1H3,(H2,18,22)/t14-/m1/s1. The van der Waals surface area contributed by atoms with E-state index < -0.39 is 6.03 Å². The maximum atomic E-state index is 12.4. The molecule has 1 saturated heterocycles. The zero-order chi connectivity index (χ0) is 16.7. The molecule has 0 unspecified atom stereocenters. The zero-order valence-electron chi connectivity index (χ0n) is 13.6. The summed E-state index contributed by atoms with van der Waals surface area (Å²) in [5, 5.41) is 0. The lowest BCUT2D eigenvalue weighted by atomic mass is 9.97. The number of carbonyl (C=O) groups is 2. The van der Waals surface area contributed by atoms with Crippen LogP contribution >= 0.6 is 0 Å². The van der Waals surface area contributed by atoms with Crippen LogP contribution in [0.25, 0.3) is 0 Å². The third-order valence-electron chi connectivity index (χ3n) is 4.11. The minimum absolute atomic E-state index is 0.0793. The molecule has 0 aromatic heterocycles. The first-order valence-corrected chi connectivity index (χ1v) is 8.05. The smallest absolute Gasteiger partial charge is 0.314 e. The van der Waals surface area contributed by atoms with Crippen molar-refractivity contribution in [3.63, 3.8) is 0 Å². The third kappa shape index (κ3) is 5.16. The SMILES string of the molecule is CN(CCCOc1ccccc1)C(=O)[C@@H]1CCCN(C(N)=O)C1. The Morgan fingerprint density at radius 2 is 2.09 bits per heavy atom. The quantitative estimate of drug-likeness (QED) is 0.811. The molecule has 0 radical (unpaired) electrons. The molecule has 1 aromatic rings. The normalized spacial score (nSPS) is 17.6. The molecule has 0 bridgehead atoms. The van der Waals surface area contributed by atoms with Crippen molar-refractivity contribution in [2.75, 3.05) is 33.3 Å². The van der Waals surface area contributed by atoms with E-state index in [1.165, 1.54) is 0 Å². The van der Waals surface area contributed by atoms with Gasteiger partial charge in [-0.2, -0.15) is 0 Å². The number of piperidine rings is 1. The van der Waals surface area contributed by atoms with E-state index in [0.29, 0.717) is 26.2 Å². The molecular weight excluding hydrogens is 294 g/mol. The van der Waals surface area contributed by atoms with Crippen LogP contribution in [0.2, 0.25) is 0 Å². The summed E-state index contributed by atoms with van der Waals surface area (Å²) in [6, 6.07) is 9.18. The number of nitrogens with two attached hydrogens (primary N) is 1. The summed E-state index contributed by atoms with van der Waals surface area (Å²) >= 11 is 0. The van der Waals surface area contributed by atoms with Crippen LogP contribution < -0.4 is 10.5 Å². The largest absolute Gasteiger partial charge is 0.494 e. The van der Waals surface area contributed by atoms with E-state index >= 15 is 0 Å². The second-order valence-electron chi connectivity index (χ2n) is 5.90. The van der Waals surface area contributed by atoms with Crippen LogP contribution in [0, 0.1) is 5.92 Å². The van der Waals surface area contributed by atoms with Crippen LogP contribution in [0.15, 0.2) is 30.3 Å². The predicted molar refractivity (Wildman–Crippen MR) is 88.1 cm³/mol. The fraction of sp³-hybridized carbons (Fsp3) is 0.529. The number of rotatable bonds is 6. The van der Waals surface area contributed by atoms with Gasteiger partial charge in [0.25, 0.3) is 0 Å². The molecule has 2 N–H and O–H groups in total. The molecule has 0 aliphatic carbocycles. The van der Waals surface area contributed by atoms with Gasteiger partial charge in [-0.1, -0.05) is 18.2 Å². The highest BCUT2D eigenvalue weighted by atomic mass is 16.5. The first-order chi connectivity index (χ1) is 11.1. The lowest BCUT2D eigenvalue weighted by Gasteiger charge is -2.33. The first kappa shape index (κ1) is 17.1. The number of ether oxygens (including phenoxy) is 1. The highest BCUT2D eigenvalue weighted by Crippen LogP contribution is 2.18. The molecule has 126 valence electrons. The van der Waals surface area contributed by atoms with Gasteiger partial charge < -0.3 is 20.3 Å². The molecule has 1 aliphatic rings. The van der Waals surface area contributed by atoms with Crippen molar-refractivity contribution in [2.45, 2.75) is 19.3 Å². The Kier molecular flexibility index (Phi) is 6.26. The molecule has 1 atom stereocenters. The van der Waals surface area contributed by atoms with E-state index in [9.17, 15) is 9.59 Å². The Morgan fingerprint density at radius 1 is 1.35 bits per heavy atom. The Labute approximate surface area is 137 Å². The summed E-state index contributed by atoms with van der Waals surface area (Å²) in [7, 11) is 1.80. The van der Waals surface area contributed by atoms with Gasteiger partial charge in [-0.25, -0.2) is 4.79 Å². The van der Waals surface area contributed by atoms with Crippen LogP contribution in [0.4, 0.5) is 4.79 Å². The number of hydrogen-bond donors (Lipinski definition) is 1. The number of nitrogens with zero attached hydrogens (tertiary/aromatic N) is 2. The van der Waals surface area contributed by atoms with Gasteiger partial charge in [0.15, 0.2) is 0 Å². The summed E-state index contributed by atoms with van der Waals surface area (Å²) in [5.41, 5.74) is 5.30. The van der Waals surface area contributed by atoms with Crippen molar-refractivity contribution in [1.29, 1.82) is 0 Å². The molecular formula is C17H25N3O3.